The van der Waals surface area contributed by atoms with E-state index in [9.17, 15) is 9.00 Å². The first-order chi connectivity index (χ1) is 11.1. The number of amides is 1. The molecule has 1 aromatic heterocycles. The number of carbonyl (C=O) groups excluding carboxylic acids is 1. The molecule has 0 radical (unpaired) electrons. The van der Waals surface area contributed by atoms with Gasteiger partial charge in [-0.2, -0.15) is 0 Å². The molecule has 0 aliphatic carbocycles. The second-order valence-electron chi connectivity index (χ2n) is 5.20. The van der Waals surface area contributed by atoms with Crippen LogP contribution in [0.15, 0.2) is 40.8 Å². The lowest BCUT2D eigenvalue weighted by Crippen LogP contribution is -2.23. The maximum atomic E-state index is 12.2. The van der Waals surface area contributed by atoms with E-state index in [0.717, 1.165) is 18.4 Å². The van der Waals surface area contributed by atoms with Crippen molar-refractivity contribution in [1.82, 2.24) is 5.32 Å². The van der Waals surface area contributed by atoms with Gasteiger partial charge in [-0.1, -0.05) is 43.1 Å². The lowest BCUT2D eigenvalue weighted by Gasteiger charge is -2.03. The van der Waals surface area contributed by atoms with Gasteiger partial charge in [-0.05, 0) is 30.2 Å². The van der Waals surface area contributed by atoms with Gasteiger partial charge < -0.3 is 9.73 Å². The standard InChI is InChI=1S/C17H20ClNO3S/c1-2-3-10-19-17(20)16-9-8-14(22-16)12-23(21)11-13-6-4-5-7-15(13)18/h4-9H,2-3,10-12H2,1H3,(H,19,20)/t23-/m1/s1. The van der Waals surface area contributed by atoms with Crippen molar-refractivity contribution in [2.75, 3.05) is 6.54 Å². The summed E-state index contributed by atoms with van der Waals surface area (Å²) in [5, 5.41) is 3.40. The molecule has 0 aliphatic rings. The third kappa shape index (κ3) is 5.52. The van der Waals surface area contributed by atoms with Crippen molar-refractivity contribution >= 4 is 28.3 Å². The molecule has 2 aromatic rings. The maximum Gasteiger partial charge on any atom is 0.286 e. The molecule has 0 spiro atoms. The zero-order chi connectivity index (χ0) is 16.7. The highest BCUT2D eigenvalue weighted by Gasteiger charge is 2.13. The van der Waals surface area contributed by atoms with E-state index in [1.807, 2.05) is 18.2 Å². The van der Waals surface area contributed by atoms with Crippen molar-refractivity contribution < 1.29 is 13.4 Å². The molecule has 0 saturated carbocycles. The van der Waals surface area contributed by atoms with Crippen LogP contribution in [0.25, 0.3) is 0 Å². The molecule has 1 aromatic carbocycles. The summed E-state index contributed by atoms with van der Waals surface area (Å²) in [7, 11) is -1.15. The fourth-order valence-electron chi connectivity index (χ4n) is 2.04. The van der Waals surface area contributed by atoms with E-state index in [0.29, 0.717) is 23.1 Å². The topological polar surface area (TPSA) is 59.3 Å². The van der Waals surface area contributed by atoms with E-state index >= 15 is 0 Å². The van der Waals surface area contributed by atoms with Crippen LogP contribution in [0.1, 0.15) is 41.6 Å². The van der Waals surface area contributed by atoms with Crippen molar-refractivity contribution in [3.05, 3.63) is 58.5 Å². The molecular weight excluding hydrogens is 334 g/mol. The Morgan fingerprint density at radius 3 is 2.74 bits per heavy atom. The van der Waals surface area contributed by atoms with Gasteiger partial charge in [-0.3, -0.25) is 9.00 Å². The Morgan fingerprint density at radius 1 is 1.22 bits per heavy atom. The number of hydrogen-bond donors (Lipinski definition) is 1. The SMILES string of the molecule is CCCCNC(=O)c1ccc(C[S@](=O)Cc2ccccc2Cl)o1. The minimum absolute atomic E-state index is 0.235. The lowest BCUT2D eigenvalue weighted by atomic mass is 10.2. The summed E-state index contributed by atoms with van der Waals surface area (Å²) in [6.07, 6.45) is 1.95. The maximum absolute atomic E-state index is 12.2. The number of hydrogen-bond acceptors (Lipinski definition) is 3. The average molecular weight is 354 g/mol. The summed E-state index contributed by atoms with van der Waals surface area (Å²) in [4.78, 5) is 11.9. The molecule has 6 heteroatoms. The van der Waals surface area contributed by atoms with Gasteiger partial charge in [-0.15, -0.1) is 0 Å². The monoisotopic (exact) mass is 353 g/mol. The van der Waals surface area contributed by atoms with Gasteiger partial charge in [0.25, 0.3) is 5.91 Å². The second kappa shape index (κ2) is 8.89. The molecule has 0 bridgehead atoms. The molecule has 1 atom stereocenters. The number of furan rings is 1. The van der Waals surface area contributed by atoms with Crippen LogP contribution in [0.5, 0.6) is 0 Å². The molecule has 0 fully saturated rings. The number of nitrogens with one attached hydrogen (secondary N) is 1. The molecule has 0 aliphatic heterocycles. The second-order valence-corrected chi connectivity index (χ2v) is 7.06. The molecule has 23 heavy (non-hydrogen) atoms. The van der Waals surface area contributed by atoms with Gasteiger partial charge in [0.2, 0.25) is 0 Å². The third-order valence-corrected chi connectivity index (χ3v) is 4.89. The molecule has 0 saturated heterocycles. The Kier molecular flexibility index (Phi) is 6.86. The van der Waals surface area contributed by atoms with Crippen molar-refractivity contribution in [3.8, 4) is 0 Å². The first-order valence-corrected chi connectivity index (χ1v) is 9.42. The smallest absolute Gasteiger partial charge is 0.286 e. The van der Waals surface area contributed by atoms with Gasteiger partial charge in [-0.25, -0.2) is 0 Å². The number of unbranched alkanes of at least 4 members (excludes halogenated alkanes) is 1. The van der Waals surface area contributed by atoms with Gasteiger partial charge in [0, 0.05) is 22.4 Å². The van der Waals surface area contributed by atoms with Crippen LogP contribution in [0.2, 0.25) is 5.02 Å². The van der Waals surface area contributed by atoms with Crippen LogP contribution in [-0.4, -0.2) is 16.7 Å². The van der Waals surface area contributed by atoms with E-state index in [4.69, 9.17) is 16.0 Å². The van der Waals surface area contributed by atoms with Crippen LogP contribution in [0, 0.1) is 0 Å². The highest BCUT2D eigenvalue weighted by Crippen LogP contribution is 2.18. The van der Waals surface area contributed by atoms with Crippen molar-refractivity contribution in [3.63, 3.8) is 0 Å². The van der Waals surface area contributed by atoms with E-state index < -0.39 is 10.8 Å². The fourth-order valence-corrected chi connectivity index (χ4v) is 3.50. The first kappa shape index (κ1) is 17.8. The van der Waals surface area contributed by atoms with Crippen LogP contribution in [-0.2, 0) is 22.3 Å². The Labute approximate surface area is 143 Å². The summed E-state index contributed by atoms with van der Waals surface area (Å²) in [5.74, 6) is 1.18. The van der Waals surface area contributed by atoms with Gasteiger partial charge >= 0.3 is 0 Å². The fraction of sp³-hybridized carbons (Fsp3) is 0.353. The number of carbonyl (C=O) groups is 1. The third-order valence-electron chi connectivity index (χ3n) is 3.28. The van der Waals surface area contributed by atoms with Crippen LogP contribution < -0.4 is 5.32 Å². The van der Waals surface area contributed by atoms with Crippen LogP contribution >= 0.6 is 11.6 Å². The molecule has 1 amide bonds. The van der Waals surface area contributed by atoms with E-state index in [1.54, 1.807) is 18.2 Å². The molecule has 2 rings (SSSR count). The minimum Gasteiger partial charge on any atom is -0.455 e. The van der Waals surface area contributed by atoms with Crippen molar-refractivity contribution in [1.29, 1.82) is 0 Å². The highest BCUT2D eigenvalue weighted by molar-refractivity contribution is 7.83. The molecule has 124 valence electrons. The Bertz CT molecular complexity index is 684. The zero-order valence-electron chi connectivity index (χ0n) is 13.0. The van der Waals surface area contributed by atoms with Crippen molar-refractivity contribution in [2.24, 2.45) is 0 Å². The number of benzene rings is 1. The summed E-state index contributed by atoms with van der Waals surface area (Å²) in [5.41, 5.74) is 0.844. The summed E-state index contributed by atoms with van der Waals surface area (Å²) >= 11 is 6.07. The predicted octanol–water partition coefficient (Wildman–Crippen LogP) is 3.91. The first-order valence-electron chi connectivity index (χ1n) is 7.55. The summed E-state index contributed by atoms with van der Waals surface area (Å²) in [6, 6.07) is 10.6. The largest absolute Gasteiger partial charge is 0.455 e. The molecule has 0 unspecified atom stereocenters. The van der Waals surface area contributed by atoms with E-state index in [1.165, 1.54) is 0 Å². The highest BCUT2D eigenvalue weighted by atomic mass is 35.5. The predicted molar refractivity (Wildman–Crippen MR) is 93.0 cm³/mol. The Balaban J connectivity index is 1.90. The van der Waals surface area contributed by atoms with E-state index in [2.05, 4.69) is 12.2 Å². The quantitative estimate of drug-likeness (QED) is 0.732. The number of halogens is 1. The average Bonchev–Trinajstić information content (AvgIpc) is 2.98. The summed E-state index contributed by atoms with van der Waals surface area (Å²) < 4.78 is 17.7. The van der Waals surface area contributed by atoms with Gasteiger partial charge in [0.05, 0.1) is 11.5 Å². The molecule has 1 heterocycles. The molecule has 4 nitrogen and oxygen atoms in total. The Hall–Kier alpha value is -1.59. The van der Waals surface area contributed by atoms with Gasteiger partial charge in [0.1, 0.15) is 5.76 Å². The molecule has 1 N–H and O–H groups in total. The number of rotatable bonds is 8. The van der Waals surface area contributed by atoms with Crippen LogP contribution in [0.3, 0.4) is 0 Å². The minimum atomic E-state index is -1.15. The van der Waals surface area contributed by atoms with E-state index in [-0.39, 0.29) is 17.4 Å². The lowest BCUT2D eigenvalue weighted by molar-refractivity contribution is 0.0924. The normalized spacial score (nSPS) is 12.1. The zero-order valence-corrected chi connectivity index (χ0v) is 14.6. The van der Waals surface area contributed by atoms with Crippen LogP contribution in [0.4, 0.5) is 0 Å². The molecular formula is C17H20ClNO3S. The Morgan fingerprint density at radius 2 is 2.00 bits per heavy atom. The van der Waals surface area contributed by atoms with Crippen molar-refractivity contribution in [2.45, 2.75) is 31.3 Å². The summed E-state index contributed by atoms with van der Waals surface area (Å²) in [6.45, 7) is 2.69. The van der Waals surface area contributed by atoms with Gasteiger partial charge in [0.15, 0.2) is 5.76 Å².